The van der Waals surface area contributed by atoms with Crippen LogP contribution in [0.2, 0.25) is 0 Å². The highest BCUT2D eigenvalue weighted by Crippen LogP contribution is 2.23. The minimum atomic E-state index is 0.689. The quantitative estimate of drug-likeness (QED) is 0.679. The first-order valence-corrected chi connectivity index (χ1v) is 5.37. The molecule has 1 radical (unpaired) electrons. The first-order chi connectivity index (χ1) is 6.30. The molecule has 0 amide bonds. The zero-order valence-electron chi connectivity index (χ0n) is 7.96. The maximum atomic E-state index is 5.41. The van der Waals surface area contributed by atoms with Crippen LogP contribution in [-0.2, 0) is 0 Å². The van der Waals surface area contributed by atoms with Gasteiger partial charge in [-0.25, -0.2) is 0 Å². The van der Waals surface area contributed by atoms with Crippen molar-refractivity contribution in [3.8, 4) is 5.75 Å². The summed E-state index contributed by atoms with van der Waals surface area (Å²) in [5, 5.41) is 0. The molecule has 0 fully saturated rings. The Balaban J connectivity index is 2.99. The summed E-state index contributed by atoms with van der Waals surface area (Å²) in [6.45, 7) is 6.28. The summed E-state index contributed by atoms with van der Waals surface area (Å²) in [7, 11) is 0. The fraction of sp³-hybridized carbons (Fsp3) is 0.273. The van der Waals surface area contributed by atoms with Gasteiger partial charge in [0.05, 0.1) is 6.61 Å². The van der Waals surface area contributed by atoms with Crippen LogP contribution in [0.1, 0.15) is 12.5 Å². The standard InChI is InChI=1S/C11H13OS/c1-4-9-6-10(12-5-2)8-11(7-9)13-3/h6-8H,1,5H2,2-3H3. The lowest BCUT2D eigenvalue weighted by Gasteiger charge is -2.06. The van der Waals surface area contributed by atoms with Gasteiger partial charge in [-0.1, -0.05) is 6.58 Å². The molecule has 0 aliphatic heterocycles. The Morgan fingerprint density at radius 3 is 2.77 bits per heavy atom. The highest BCUT2D eigenvalue weighted by atomic mass is 32.2. The van der Waals surface area contributed by atoms with Crippen LogP contribution in [0.15, 0.2) is 29.7 Å². The zero-order valence-corrected chi connectivity index (χ0v) is 8.78. The summed E-state index contributed by atoms with van der Waals surface area (Å²) in [6, 6.07) is 6.01. The Morgan fingerprint density at radius 2 is 2.23 bits per heavy atom. The molecule has 13 heavy (non-hydrogen) atoms. The smallest absolute Gasteiger partial charge is 0.121 e. The molecule has 0 aliphatic carbocycles. The minimum absolute atomic E-state index is 0.689. The largest absolute Gasteiger partial charge is 0.494 e. The molecule has 0 atom stereocenters. The third kappa shape index (κ3) is 2.81. The van der Waals surface area contributed by atoms with Gasteiger partial charge in [-0.05, 0) is 43.0 Å². The van der Waals surface area contributed by atoms with Gasteiger partial charge in [0.2, 0.25) is 0 Å². The van der Waals surface area contributed by atoms with Gasteiger partial charge in [-0.15, -0.1) is 11.8 Å². The topological polar surface area (TPSA) is 9.23 Å². The fourth-order valence-corrected chi connectivity index (χ4v) is 1.52. The number of thioether (sulfide) groups is 1. The lowest BCUT2D eigenvalue weighted by molar-refractivity contribution is 0.339. The van der Waals surface area contributed by atoms with Crippen LogP contribution in [0.3, 0.4) is 0 Å². The molecule has 1 aromatic carbocycles. The van der Waals surface area contributed by atoms with Crippen molar-refractivity contribution in [3.05, 3.63) is 36.4 Å². The van der Waals surface area contributed by atoms with Crippen molar-refractivity contribution >= 4 is 11.8 Å². The van der Waals surface area contributed by atoms with Crippen molar-refractivity contribution in [3.63, 3.8) is 0 Å². The van der Waals surface area contributed by atoms with Gasteiger partial charge < -0.3 is 4.74 Å². The van der Waals surface area contributed by atoms with E-state index < -0.39 is 0 Å². The molecule has 1 nitrogen and oxygen atoms in total. The minimum Gasteiger partial charge on any atom is -0.494 e. The third-order valence-electron chi connectivity index (χ3n) is 1.63. The van der Waals surface area contributed by atoms with Crippen LogP contribution in [0.5, 0.6) is 5.75 Å². The summed E-state index contributed by atoms with van der Waals surface area (Å²) < 4.78 is 5.41. The van der Waals surface area contributed by atoms with Crippen LogP contribution >= 0.6 is 11.8 Å². The fourth-order valence-electron chi connectivity index (χ4n) is 1.04. The van der Waals surface area contributed by atoms with E-state index in [2.05, 4.69) is 12.7 Å². The third-order valence-corrected chi connectivity index (χ3v) is 2.34. The van der Waals surface area contributed by atoms with Crippen LogP contribution < -0.4 is 4.74 Å². The van der Waals surface area contributed by atoms with Gasteiger partial charge in [0.25, 0.3) is 0 Å². The Labute approximate surface area is 83.8 Å². The normalized spacial score (nSPS) is 9.69. The SMILES string of the molecule is C=[C]c1cc(OCC)cc(SC)c1. The van der Waals surface area contributed by atoms with Gasteiger partial charge in [0.15, 0.2) is 0 Å². The molecule has 0 saturated heterocycles. The predicted octanol–water partition coefficient (Wildman–Crippen LogP) is 3.14. The first kappa shape index (κ1) is 10.2. The number of ether oxygens (including phenoxy) is 1. The van der Waals surface area contributed by atoms with E-state index in [0.717, 1.165) is 11.3 Å². The second kappa shape index (κ2) is 4.97. The van der Waals surface area contributed by atoms with E-state index in [1.807, 2.05) is 31.4 Å². The highest BCUT2D eigenvalue weighted by molar-refractivity contribution is 7.98. The lowest BCUT2D eigenvalue weighted by Crippen LogP contribution is -1.92. The average Bonchev–Trinajstić information content (AvgIpc) is 2.17. The molecule has 0 N–H and O–H groups in total. The highest BCUT2D eigenvalue weighted by Gasteiger charge is 1.98. The van der Waals surface area contributed by atoms with E-state index >= 15 is 0 Å². The van der Waals surface area contributed by atoms with Crippen molar-refractivity contribution in [2.24, 2.45) is 0 Å². The molecule has 0 unspecified atom stereocenters. The Bertz CT molecular complexity index is 294. The second-order valence-electron chi connectivity index (χ2n) is 2.51. The molecule has 1 rings (SSSR count). The maximum absolute atomic E-state index is 5.41. The maximum Gasteiger partial charge on any atom is 0.121 e. The Hall–Kier alpha value is -0.890. The number of benzene rings is 1. The van der Waals surface area contributed by atoms with E-state index in [0.29, 0.717) is 6.61 Å². The molecule has 0 aromatic heterocycles. The molecule has 0 saturated carbocycles. The van der Waals surface area contributed by atoms with Crippen LogP contribution in [0, 0.1) is 6.08 Å². The van der Waals surface area contributed by atoms with E-state index in [9.17, 15) is 0 Å². The van der Waals surface area contributed by atoms with E-state index in [1.54, 1.807) is 11.8 Å². The molecule has 0 aliphatic rings. The van der Waals surface area contributed by atoms with Gasteiger partial charge in [-0.3, -0.25) is 0 Å². The summed E-state index contributed by atoms with van der Waals surface area (Å²) in [5.41, 5.74) is 0.982. The van der Waals surface area contributed by atoms with Crippen molar-refractivity contribution < 1.29 is 4.74 Å². The zero-order chi connectivity index (χ0) is 9.68. The summed E-state index contributed by atoms with van der Waals surface area (Å²) >= 11 is 1.69. The second-order valence-corrected chi connectivity index (χ2v) is 3.39. The van der Waals surface area contributed by atoms with Crippen LogP contribution in [0.25, 0.3) is 0 Å². The first-order valence-electron chi connectivity index (χ1n) is 4.15. The van der Waals surface area contributed by atoms with Crippen LogP contribution in [0.4, 0.5) is 0 Å². The number of hydrogen-bond acceptors (Lipinski definition) is 2. The summed E-state index contributed by atoms with van der Waals surface area (Å²) in [4.78, 5) is 1.18. The van der Waals surface area contributed by atoms with E-state index in [4.69, 9.17) is 4.74 Å². The molecule has 69 valence electrons. The monoisotopic (exact) mass is 193 g/mol. The molecule has 0 heterocycles. The van der Waals surface area contributed by atoms with Gasteiger partial charge >= 0.3 is 0 Å². The number of rotatable bonds is 4. The van der Waals surface area contributed by atoms with Crippen LogP contribution in [-0.4, -0.2) is 12.9 Å². The van der Waals surface area contributed by atoms with Gasteiger partial charge in [0, 0.05) is 4.90 Å². The van der Waals surface area contributed by atoms with Crippen molar-refractivity contribution in [2.45, 2.75) is 11.8 Å². The molecular formula is C11H13OS. The average molecular weight is 193 g/mol. The molecule has 2 heteroatoms. The lowest BCUT2D eigenvalue weighted by atomic mass is 10.2. The predicted molar refractivity (Wildman–Crippen MR) is 57.4 cm³/mol. The number of hydrogen-bond donors (Lipinski definition) is 0. The van der Waals surface area contributed by atoms with Gasteiger partial charge in [0.1, 0.15) is 5.75 Å². The Kier molecular flexibility index (Phi) is 3.90. The summed E-state index contributed by atoms with van der Waals surface area (Å²) in [5.74, 6) is 0.889. The van der Waals surface area contributed by atoms with Crippen molar-refractivity contribution in [1.29, 1.82) is 0 Å². The van der Waals surface area contributed by atoms with E-state index in [1.165, 1.54) is 4.90 Å². The van der Waals surface area contributed by atoms with Crippen molar-refractivity contribution in [2.75, 3.05) is 12.9 Å². The van der Waals surface area contributed by atoms with Gasteiger partial charge in [-0.2, -0.15) is 0 Å². The molecule has 0 bridgehead atoms. The molecular weight excluding hydrogens is 180 g/mol. The molecule has 0 spiro atoms. The van der Waals surface area contributed by atoms with Crippen molar-refractivity contribution in [1.82, 2.24) is 0 Å². The van der Waals surface area contributed by atoms with E-state index in [-0.39, 0.29) is 0 Å². The summed E-state index contributed by atoms with van der Waals surface area (Å²) in [6.07, 6.45) is 4.90. The Morgan fingerprint density at radius 1 is 1.46 bits per heavy atom. The molecule has 1 aromatic rings.